The number of ether oxygens (including phenoxy) is 2. The van der Waals surface area contributed by atoms with Crippen LogP contribution in [0, 0.1) is 0 Å². The van der Waals surface area contributed by atoms with Crippen LogP contribution in [0.5, 0.6) is 11.5 Å². The van der Waals surface area contributed by atoms with E-state index in [1.165, 1.54) is 6.42 Å². The Morgan fingerprint density at radius 3 is 2.63 bits per heavy atom. The summed E-state index contributed by atoms with van der Waals surface area (Å²) in [5.74, 6) is 1.51. The van der Waals surface area contributed by atoms with Gasteiger partial charge in [-0.15, -0.1) is 0 Å². The molecule has 156 valence electrons. The van der Waals surface area contributed by atoms with E-state index < -0.39 is 0 Å². The first-order valence-corrected chi connectivity index (χ1v) is 10.8. The van der Waals surface area contributed by atoms with Crippen LogP contribution in [0.4, 0.5) is 0 Å². The highest BCUT2D eigenvalue weighted by Gasteiger charge is 2.36. The number of methoxy groups -OCH3 is 1. The SMILES string of the molecule is COc1ccc(/C=C2/NC(=S)N(C3CCCCC3)C2=O)cc1COc1ccccc1. The van der Waals surface area contributed by atoms with Crippen LogP contribution >= 0.6 is 12.2 Å². The van der Waals surface area contributed by atoms with Gasteiger partial charge in [-0.1, -0.05) is 43.5 Å². The van der Waals surface area contributed by atoms with Gasteiger partial charge in [0.1, 0.15) is 23.8 Å². The molecular formula is C24H26N2O3S. The molecule has 0 aromatic heterocycles. The number of rotatable bonds is 6. The zero-order valence-corrected chi connectivity index (χ0v) is 17.9. The van der Waals surface area contributed by atoms with E-state index in [0.29, 0.717) is 17.4 Å². The molecule has 1 saturated heterocycles. The molecule has 2 fully saturated rings. The van der Waals surface area contributed by atoms with Crippen molar-refractivity contribution in [1.82, 2.24) is 10.2 Å². The van der Waals surface area contributed by atoms with Crippen LogP contribution in [0.15, 0.2) is 54.2 Å². The van der Waals surface area contributed by atoms with Crippen molar-refractivity contribution in [2.75, 3.05) is 7.11 Å². The standard InChI is InChI=1S/C24H26N2O3S/c1-28-22-13-12-17(14-18(22)16-29-20-10-6-3-7-11-20)15-21-23(27)26(24(30)25-21)19-8-4-2-5-9-19/h3,6-7,10-15,19H,2,4-5,8-9,16H2,1H3,(H,25,30)/b21-15+. The quantitative estimate of drug-likeness (QED) is 0.542. The first-order chi connectivity index (χ1) is 14.7. The smallest absolute Gasteiger partial charge is 0.276 e. The number of carbonyl (C=O) groups is 1. The summed E-state index contributed by atoms with van der Waals surface area (Å²) in [5, 5.41) is 3.63. The van der Waals surface area contributed by atoms with Crippen LogP contribution in [0.25, 0.3) is 6.08 Å². The minimum atomic E-state index is -0.0372. The Kier molecular flexibility index (Phi) is 6.33. The fourth-order valence-electron chi connectivity index (χ4n) is 4.07. The summed E-state index contributed by atoms with van der Waals surface area (Å²) in [6.45, 7) is 0.373. The van der Waals surface area contributed by atoms with Crippen molar-refractivity contribution >= 4 is 29.3 Å². The Balaban J connectivity index is 1.52. The second kappa shape index (κ2) is 9.30. The fraction of sp³-hybridized carbons (Fsp3) is 0.333. The predicted molar refractivity (Wildman–Crippen MR) is 121 cm³/mol. The highest BCUT2D eigenvalue weighted by molar-refractivity contribution is 7.80. The number of para-hydroxylation sites is 1. The molecule has 0 unspecified atom stereocenters. The first kappa shape index (κ1) is 20.4. The third kappa shape index (κ3) is 4.49. The molecule has 0 radical (unpaired) electrons. The van der Waals surface area contributed by atoms with E-state index in [9.17, 15) is 4.79 Å². The van der Waals surface area contributed by atoms with Gasteiger partial charge in [0.15, 0.2) is 5.11 Å². The van der Waals surface area contributed by atoms with Crippen molar-refractivity contribution in [1.29, 1.82) is 0 Å². The van der Waals surface area contributed by atoms with Crippen LogP contribution in [-0.2, 0) is 11.4 Å². The van der Waals surface area contributed by atoms with Crippen molar-refractivity contribution in [3.63, 3.8) is 0 Å². The summed E-state index contributed by atoms with van der Waals surface area (Å²) < 4.78 is 11.4. The van der Waals surface area contributed by atoms with Gasteiger partial charge >= 0.3 is 0 Å². The van der Waals surface area contributed by atoms with E-state index in [4.69, 9.17) is 21.7 Å². The molecule has 1 aliphatic carbocycles. The van der Waals surface area contributed by atoms with Crippen LogP contribution in [-0.4, -0.2) is 29.1 Å². The molecular weight excluding hydrogens is 396 g/mol. The average Bonchev–Trinajstić information content (AvgIpc) is 3.06. The normalized spacial score (nSPS) is 18.6. The van der Waals surface area contributed by atoms with E-state index in [1.54, 1.807) is 12.0 Å². The van der Waals surface area contributed by atoms with Crippen molar-refractivity contribution in [2.24, 2.45) is 0 Å². The van der Waals surface area contributed by atoms with Gasteiger partial charge in [-0.3, -0.25) is 9.69 Å². The Bertz CT molecular complexity index is 952. The van der Waals surface area contributed by atoms with Gasteiger partial charge in [0.05, 0.1) is 7.11 Å². The van der Waals surface area contributed by atoms with Crippen LogP contribution in [0.1, 0.15) is 43.2 Å². The summed E-state index contributed by atoms with van der Waals surface area (Å²) in [5.41, 5.74) is 2.32. The number of hydrogen-bond donors (Lipinski definition) is 1. The maximum absolute atomic E-state index is 13.0. The number of amides is 1. The topological polar surface area (TPSA) is 50.8 Å². The van der Waals surface area contributed by atoms with Gasteiger partial charge < -0.3 is 14.8 Å². The lowest BCUT2D eigenvalue weighted by atomic mass is 9.94. The number of hydrogen-bond acceptors (Lipinski definition) is 4. The predicted octanol–water partition coefficient (Wildman–Crippen LogP) is 4.66. The second-order valence-electron chi connectivity index (χ2n) is 7.63. The lowest BCUT2D eigenvalue weighted by molar-refractivity contribution is -0.124. The van der Waals surface area contributed by atoms with E-state index in [-0.39, 0.29) is 11.9 Å². The third-order valence-electron chi connectivity index (χ3n) is 5.60. The summed E-state index contributed by atoms with van der Waals surface area (Å²) in [6.07, 6.45) is 7.43. The zero-order valence-electron chi connectivity index (χ0n) is 17.1. The average molecular weight is 423 g/mol. The molecule has 1 amide bonds. The molecule has 1 N–H and O–H groups in total. The second-order valence-corrected chi connectivity index (χ2v) is 8.01. The molecule has 30 heavy (non-hydrogen) atoms. The van der Waals surface area contributed by atoms with Gasteiger partial charge in [0.25, 0.3) is 5.91 Å². The van der Waals surface area contributed by atoms with Gasteiger partial charge in [0.2, 0.25) is 0 Å². The van der Waals surface area contributed by atoms with E-state index in [1.807, 2.05) is 54.6 Å². The van der Waals surface area contributed by atoms with Crippen LogP contribution in [0.3, 0.4) is 0 Å². The van der Waals surface area contributed by atoms with Gasteiger partial charge in [0, 0.05) is 11.6 Å². The molecule has 2 aliphatic rings. The Morgan fingerprint density at radius 1 is 1.13 bits per heavy atom. The summed E-state index contributed by atoms with van der Waals surface area (Å²) in [4.78, 5) is 14.8. The van der Waals surface area contributed by atoms with Crippen molar-refractivity contribution < 1.29 is 14.3 Å². The number of benzene rings is 2. The summed E-state index contributed by atoms with van der Waals surface area (Å²) in [7, 11) is 1.64. The molecule has 1 aliphatic heterocycles. The highest BCUT2D eigenvalue weighted by Crippen LogP contribution is 2.28. The summed E-state index contributed by atoms with van der Waals surface area (Å²) >= 11 is 5.47. The number of nitrogens with zero attached hydrogens (tertiary/aromatic N) is 1. The lowest BCUT2D eigenvalue weighted by Gasteiger charge is -2.29. The van der Waals surface area contributed by atoms with Gasteiger partial charge in [-0.05, 0) is 61.0 Å². The Morgan fingerprint density at radius 2 is 1.90 bits per heavy atom. The molecule has 2 aromatic carbocycles. The molecule has 0 atom stereocenters. The molecule has 1 heterocycles. The van der Waals surface area contributed by atoms with E-state index in [2.05, 4.69) is 5.32 Å². The molecule has 5 nitrogen and oxygen atoms in total. The fourth-order valence-corrected chi connectivity index (χ4v) is 4.41. The summed E-state index contributed by atoms with van der Waals surface area (Å²) in [6, 6.07) is 15.7. The Hall–Kier alpha value is -2.86. The highest BCUT2D eigenvalue weighted by atomic mass is 32.1. The minimum Gasteiger partial charge on any atom is -0.496 e. The lowest BCUT2D eigenvalue weighted by Crippen LogP contribution is -2.41. The van der Waals surface area contributed by atoms with Gasteiger partial charge in [-0.25, -0.2) is 0 Å². The maximum atomic E-state index is 13.0. The zero-order chi connectivity index (χ0) is 20.9. The molecule has 0 bridgehead atoms. The van der Waals surface area contributed by atoms with Crippen molar-refractivity contribution in [3.05, 3.63) is 65.4 Å². The molecule has 2 aromatic rings. The van der Waals surface area contributed by atoms with Crippen LogP contribution in [0.2, 0.25) is 0 Å². The maximum Gasteiger partial charge on any atom is 0.276 e. The molecule has 4 rings (SSSR count). The first-order valence-electron chi connectivity index (χ1n) is 10.4. The van der Waals surface area contributed by atoms with Crippen LogP contribution < -0.4 is 14.8 Å². The third-order valence-corrected chi connectivity index (χ3v) is 5.90. The van der Waals surface area contributed by atoms with Gasteiger partial charge in [-0.2, -0.15) is 0 Å². The molecule has 1 saturated carbocycles. The van der Waals surface area contributed by atoms with Crippen molar-refractivity contribution in [3.8, 4) is 11.5 Å². The van der Waals surface area contributed by atoms with Crippen molar-refractivity contribution in [2.45, 2.75) is 44.8 Å². The van der Waals surface area contributed by atoms with E-state index in [0.717, 1.165) is 48.3 Å². The monoisotopic (exact) mass is 422 g/mol. The largest absolute Gasteiger partial charge is 0.496 e. The Labute approximate surface area is 182 Å². The number of carbonyl (C=O) groups excluding carboxylic acids is 1. The number of thiocarbonyl (C=S) groups is 1. The molecule has 6 heteroatoms. The number of nitrogens with one attached hydrogen (secondary N) is 1. The van der Waals surface area contributed by atoms with E-state index >= 15 is 0 Å². The molecule has 0 spiro atoms. The minimum absolute atomic E-state index is 0.0372.